The van der Waals surface area contributed by atoms with Crippen molar-refractivity contribution in [2.75, 3.05) is 13.2 Å². The maximum Gasteiger partial charge on any atom is 0.420 e. The zero-order chi connectivity index (χ0) is 17.9. The number of aromatic nitrogens is 1. The number of alkyl halides is 4. The Bertz CT molecular complexity index is 530. The van der Waals surface area contributed by atoms with Gasteiger partial charge in [-0.3, -0.25) is 4.98 Å². The molecule has 0 atom stereocenters. The summed E-state index contributed by atoms with van der Waals surface area (Å²) in [7, 11) is -1.94. The minimum Gasteiger partial charge on any atom is -0.489 e. The van der Waals surface area contributed by atoms with E-state index in [1.54, 1.807) is 0 Å². The van der Waals surface area contributed by atoms with Gasteiger partial charge in [0.1, 0.15) is 17.9 Å². The lowest BCUT2D eigenvalue weighted by Crippen LogP contribution is -2.41. The second-order valence-corrected chi connectivity index (χ2v) is 11.8. The molecule has 0 bridgehead atoms. The molecule has 1 aromatic heterocycles. The summed E-state index contributed by atoms with van der Waals surface area (Å²) in [5.41, 5.74) is -0.709. The van der Waals surface area contributed by atoms with Gasteiger partial charge in [0.25, 0.3) is 0 Å². The standard InChI is InChI=1S/C15H23ClF3NO2Si/c1-14(2,3)23(4,5)22-7-6-21-13-10-20-11(9-16)8-12(13)15(17,18)19/h8,10H,6-7,9H2,1-5H3. The first-order valence-corrected chi connectivity index (χ1v) is 10.7. The van der Waals surface area contributed by atoms with Crippen LogP contribution in [0.2, 0.25) is 18.1 Å². The Labute approximate surface area is 141 Å². The quantitative estimate of drug-likeness (QED) is 0.390. The fraction of sp³-hybridized carbons (Fsp3) is 0.667. The number of ether oxygens (including phenoxy) is 1. The van der Waals surface area contributed by atoms with Gasteiger partial charge in [-0.25, -0.2) is 0 Å². The van der Waals surface area contributed by atoms with Crippen molar-refractivity contribution in [1.82, 2.24) is 4.98 Å². The molecule has 0 aromatic carbocycles. The van der Waals surface area contributed by atoms with E-state index in [0.29, 0.717) is 0 Å². The summed E-state index contributed by atoms with van der Waals surface area (Å²) in [6, 6.07) is 0.914. The smallest absolute Gasteiger partial charge is 0.420 e. The molecule has 0 aliphatic rings. The Hall–Kier alpha value is -0.793. The first-order chi connectivity index (χ1) is 10.4. The molecule has 0 spiro atoms. The lowest BCUT2D eigenvalue weighted by Gasteiger charge is -2.36. The summed E-state index contributed by atoms with van der Waals surface area (Å²) in [6.45, 7) is 10.7. The van der Waals surface area contributed by atoms with Crippen molar-refractivity contribution in [2.24, 2.45) is 0 Å². The number of hydrogen-bond acceptors (Lipinski definition) is 3. The van der Waals surface area contributed by atoms with E-state index in [1.165, 1.54) is 0 Å². The molecule has 0 aliphatic heterocycles. The van der Waals surface area contributed by atoms with Gasteiger partial charge in [-0.2, -0.15) is 13.2 Å². The van der Waals surface area contributed by atoms with Crippen molar-refractivity contribution in [3.05, 3.63) is 23.5 Å². The number of rotatable bonds is 6. The van der Waals surface area contributed by atoms with Crippen LogP contribution in [0.1, 0.15) is 32.0 Å². The number of nitrogens with zero attached hydrogens (tertiary/aromatic N) is 1. The van der Waals surface area contributed by atoms with Crippen molar-refractivity contribution in [2.45, 2.75) is 51.0 Å². The number of halogens is 4. The second kappa shape index (κ2) is 7.40. The third-order valence-corrected chi connectivity index (χ3v) is 8.79. The van der Waals surface area contributed by atoms with E-state index in [1.807, 2.05) is 0 Å². The van der Waals surface area contributed by atoms with Crippen LogP contribution >= 0.6 is 11.6 Å². The van der Waals surface area contributed by atoms with E-state index in [2.05, 4.69) is 38.8 Å². The van der Waals surface area contributed by atoms with Crippen molar-refractivity contribution >= 4 is 19.9 Å². The Morgan fingerprint density at radius 3 is 2.26 bits per heavy atom. The second-order valence-electron chi connectivity index (χ2n) is 6.76. The molecule has 0 fully saturated rings. The van der Waals surface area contributed by atoms with Gasteiger partial charge in [-0.1, -0.05) is 20.8 Å². The number of hydrogen-bond donors (Lipinski definition) is 0. The highest BCUT2D eigenvalue weighted by molar-refractivity contribution is 6.74. The van der Waals surface area contributed by atoms with E-state index in [4.69, 9.17) is 20.8 Å². The van der Waals surface area contributed by atoms with E-state index in [9.17, 15) is 13.2 Å². The molecular weight excluding hydrogens is 347 g/mol. The monoisotopic (exact) mass is 369 g/mol. The summed E-state index contributed by atoms with van der Waals surface area (Å²) < 4.78 is 50.3. The molecule has 1 heterocycles. The highest BCUT2D eigenvalue weighted by atomic mass is 35.5. The van der Waals surface area contributed by atoms with Crippen LogP contribution in [0, 0.1) is 0 Å². The molecule has 0 saturated heterocycles. The van der Waals surface area contributed by atoms with E-state index in [0.717, 1.165) is 12.3 Å². The Morgan fingerprint density at radius 1 is 1.17 bits per heavy atom. The molecule has 0 amide bonds. The van der Waals surface area contributed by atoms with Crippen molar-refractivity contribution in [3.63, 3.8) is 0 Å². The molecule has 23 heavy (non-hydrogen) atoms. The average Bonchev–Trinajstić information content (AvgIpc) is 2.41. The van der Waals surface area contributed by atoms with Gasteiger partial charge >= 0.3 is 6.18 Å². The predicted octanol–water partition coefficient (Wildman–Crippen LogP) is 5.24. The summed E-state index contributed by atoms with van der Waals surface area (Å²) >= 11 is 5.53. The molecular formula is C15H23ClF3NO2Si. The fourth-order valence-electron chi connectivity index (χ4n) is 1.56. The molecule has 132 valence electrons. The number of pyridine rings is 1. The maximum absolute atomic E-state index is 13.0. The predicted molar refractivity (Wildman–Crippen MR) is 87.4 cm³/mol. The third-order valence-electron chi connectivity index (χ3n) is 3.98. The lowest BCUT2D eigenvalue weighted by atomic mass is 10.2. The highest BCUT2D eigenvalue weighted by Crippen LogP contribution is 2.37. The largest absolute Gasteiger partial charge is 0.489 e. The first-order valence-electron chi connectivity index (χ1n) is 7.27. The Kier molecular flexibility index (Phi) is 6.52. The Balaban J connectivity index is 2.72. The fourth-order valence-corrected chi connectivity index (χ4v) is 2.73. The van der Waals surface area contributed by atoms with Gasteiger partial charge in [0.2, 0.25) is 0 Å². The molecule has 1 aromatic rings. The van der Waals surface area contributed by atoms with E-state index < -0.39 is 20.1 Å². The normalized spacial score (nSPS) is 13.3. The van der Waals surface area contributed by atoms with Crippen LogP contribution in [0.15, 0.2) is 12.3 Å². The molecule has 0 saturated carbocycles. The van der Waals surface area contributed by atoms with Crippen LogP contribution in [0.4, 0.5) is 13.2 Å². The molecule has 8 heteroatoms. The summed E-state index contributed by atoms with van der Waals surface area (Å²) in [5.74, 6) is -0.386. The molecule has 0 radical (unpaired) electrons. The van der Waals surface area contributed by atoms with Crippen LogP contribution in [0.3, 0.4) is 0 Å². The summed E-state index contributed by atoms with van der Waals surface area (Å²) in [4.78, 5) is 3.85. The maximum atomic E-state index is 13.0. The molecule has 0 aliphatic carbocycles. The van der Waals surface area contributed by atoms with Gasteiger partial charge in [-0.05, 0) is 24.2 Å². The SMILES string of the molecule is CC(C)(C)[Si](C)(C)OCCOc1cnc(CCl)cc1C(F)(F)F. The molecule has 0 N–H and O–H groups in total. The van der Waals surface area contributed by atoms with Crippen LogP contribution in [-0.4, -0.2) is 26.5 Å². The molecule has 3 nitrogen and oxygen atoms in total. The summed E-state index contributed by atoms with van der Waals surface area (Å²) in [5, 5.41) is 0.0354. The van der Waals surface area contributed by atoms with Crippen LogP contribution in [0.5, 0.6) is 5.75 Å². The first kappa shape index (κ1) is 20.3. The molecule has 0 unspecified atom stereocenters. The highest BCUT2D eigenvalue weighted by Gasteiger charge is 2.37. The van der Waals surface area contributed by atoms with Gasteiger partial charge < -0.3 is 9.16 Å². The van der Waals surface area contributed by atoms with Crippen LogP contribution < -0.4 is 4.74 Å². The van der Waals surface area contributed by atoms with Crippen molar-refractivity contribution in [3.8, 4) is 5.75 Å². The molecule has 1 rings (SSSR count). The van der Waals surface area contributed by atoms with E-state index in [-0.39, 0.29) is 35.6 Å². The van der Waals surface area contributed by atoms with Gasteiger partial charge in [0.05, 0.1) is 24.4 Å². The minimum atomic E-state index is -4.51. The van der Waals surface area contributed by atoms with Crippen molar-refractivity contribution in [1.29, 1.82) is 0 Å². The third kappa shape index (κ3) is 5.65. The Morgan fingerprint density at radius 2 is 1.78 bits per heavy atom. The minimum absolute atomic E-state index is 0.0354. The topological polar surface area (TPSA) is 31.4 Å². The van der Waals surface area contributed by atoms with Gasteiger partial charge in [-0.15, -0.1) is 11.6 Å². The van der Waals surface area contributed by atoms with Gasteiger partial charge in [0.15, 0.2) is 8.32 Å². The zero-order valence-corrected chi connectivity index (χ0v) is 15.8. The average molecular weight is 370 g/mol. The van der Waals surface area contributed by atoms with Gasteiger partial charge in [0, 0.05) is 0 Å². The van der Waals surface area contributed by atoms with E-state index >= 15 is 0 Å². The van der Waals surface area contributed by atoms with Crippen LogP contribution in [0.25, 0.3) is 0 Å². The lowest BCUT2D eigenvalue weighted by molar-refractivity contribution is -0.139. The summed E-state index contributed by atoms with van der Waals surface area (Å²) in [6.07, 6.45) is -3.45. The zero-order valence-electron chi connectivity index (χ0n) is 14.1. The van der Waals surface area contributed by atoms with Crippen molar-refractivity contribution < 1.29 is 22.3 Å². The van der Waals surface area contributed by atoms with Crippen LogP contribution in [-0.2, 0) is 16.5 Å².